The second-order valence-corrected chi connectivity index (χ2v) is 31.3. The molecule has 0 aromatic carbocycles. The number of nitrogens with one attached hydrogen (secondary N) is 13. The SMILES string of the molecule is CC(=O)NC1C(OC2C(CO)OC(O)C(NC(C)=O)C2OC(C)C(=O)NC(C)C(=O)NC(CCC(=O)NC(CCCC(NC(=O)C(C)NC(=O)C(CCCC(N)C(N)=O)NC(=O)CCC(NC(=O)C(C)NC(=O)C(C)OC2C(NC(C)=O)C(O)OC(CO)C2OC2OC(CO)C(O)C(O)C2NC(C)=O)C(=O)O)C(N)=O)C(=O)NC(C)C(=O)O)C(N)=O)OC(CO)C(O)C1O. The van der Waals surface area contributed by atoms with Crippen molar-refractivity contribution in [3.05, 3.63) is 0 Å². The standard InChI is InChI=1S/C74H123N17O38/c1-25(79-65(112)29(5)122-57-49(85-33(9)98)71(120)124-43(23-94)55(57)128-73-47(83-31(7)96)53(104)51(102)41(21-92)126-73)62(109)90-37(61(78)108)17-19-45(100)88-39(68(115)82-28(4)69(116)117)16-12-14-36(60(77)107)89-63(110)27(3)81-67(114)38(15-11-13-35(75)59(76)106)87-46(101)20-18-40(70(118)119)91-64(111)26(2)80-66(113)30(6)123-58-50(86-34(10)99)72(121)125-44(24-95)56(58)129-74-48(84-32(8)97)54(105)52(103)42(22-93)127-74/h25-30,35-44,47-58,71-74,92-95,102-105,120-121H,11-24,75H2,1-10H3,(H2,76,106)(H2,77,107)(H2,78,108)(H,79,112)(H,80,113)(H,81,114)(H,82,115)(H,83,96)(H,84,97)(H,85,98)(H,86,99)(H,87,101)(H,88,100)(H,89,110)(H,90,109)(H,91,111)(H,116,117)(H,118,119). The number of rotatable bonds is 51. The summed E-state index contributed by atoms with van der Waals surface area (Å²) in [6.07, 6.45) is -35.8. The second kappa shape index (κ2) is 52.5. The highest BCUT2D eigenvalue weighted by Crippen LogP contribution is 2.34. The Morgan fingerprint density at radius 3 is 0.969 bits per heavy atom. The van der Waals surface area contributed by atoms with E-state index in [2.05, 4.69) is 69.1 Å². The van der Waals surface area contributed by atoms with Crippen LogP contribution >= 0.6 is 0 Å². The molecule has 4 rings (SSSR count). The van der Waals surface area contributed by atoms with Crippen LogP contribution in [0.15, 0.2) is 0 Å². The number of aliphatic hydroxyl groups is 10. The summed E-state index contributed by atoms with van der Waals surface area (Å²) in [6, 6.07) is -22.5. The molecule has 0 aliphatic carbocycles. The Morgan fingerprint density at radius 1 is 0.333 bits per heavy atom. The number of carbonyl (C=O) groups excluding carboxylic acids is 16. The molecule has 732 valence electrons. The lowest BCUT2D eigenvalue weighted by Crippen LogP contribution is -2.70. The molecule has 33 N–H and O–H groups in total. The van der Waals surface area contributed by atoms with Crippen molar-refractivity contribution in [1.82, 2.24) is 69.1 Å². The summed E-state index contributed by atoms with van der Waals surface area (Å²) in [5.41, 5.74) is 22.4. The monoisotopic (exact) mass is 1860 g/mol. The van der Waals surface area contributed by atoms with E-state index in [9.17, 15) is 148 Å². The lowest BCUT2D eigenvalue weighted by molar-refractivity contribution is -0.333. The molecule has 55 nitrogen and oxygen atoms in total. The largest absolute Gasteiger partial charge is 0.480 e. The number of hydrogen-bond donors (Lipinski definition) is 29. The number of hydrogen-bond acceptors (Lipinski definition) is 37. The molecule has 4 aliphatic heterocycles. The van der Waals surface area contributed by atoms with Crippen LogP contribution in [0.25, 0.3) is 0 Å². The van der Waals surface area contributed by atoms with Crippen LogP contribution in [0, 0.1) is 0 Å². The van der Waals surface area contributed by atoms with E-state index in [1.807, 2.05) is 0 Å². The minimum absolute atomic E-state index is 0.103. The summed E-state index contributed by atoms with van der Waals surface area (Å²) >= 11 is 0. The van der Waals surface area contributed by atoms with Gasteiger partial charge in [0.1, 0.15) is 164 Å². The summed E-state index contributed by atoms with van der Waals surface area (Å²) in [5, 5.41) is 155. The molecule has 0 aromatic heterocycles. The molecule has 4 heterocycles. The molecule has 32 unspecified atom stereocenters. The quantitative estimate of drug-likeness (QED) is 0.0269. The maximum atomic E-state index is 14.0. The van der Waals surface area contributed by atoms with Gasteiger partial charge in [0.2, 0.25) is 94.5 Å². The molecule has 4 aliphatic rings. The lowest BCUT2D eigenvalue weighted by atomic mass is 9.94. The van der Waals surface area contributed by atoms with Crippen LogP contribution in [0.2, 0.25) is 0 Å². The third kappa shape index (κ3) is 33.9. The minimum atomic E-state index is -1.98. The Hall–Kier alpha value is -10.3. The predicted octanol–water partition coefficient (Wildman–Crippen LogP) is -16.1. The van der Waals surface area contributed by atoms with Crippen LogP contribution in [-0.2, 0) is 124 Å². The van der Waals surface area contributed by atoms with Gasteiger partial charge in [-0.25, -0.2) is 4.79 Å². The fourth-order valence-electron chi connectivity index (χ4n) is 13.7. The van der Waals surface area contributed by atoms with Gasteiger partial charge in [-0.15, -0.1) is 0 Å². The van der Waals surface area contributed by atoms with E-state index in [4.69, 9.17) is 60.8 Å². The van der Waals surface area contributed by atoms with Gasteiger partial charge in [-0.3, -0.25) is 81.5 Å². The summed E-state index contributed by atoms with van der Waals surface area (Å²) in [4.78, 5) is 234. The molecule has 4 fully saturated rings. The highest BCUT2D eigenvalue weighted by atomic mass is 16.7. The van der Waals surface area contributed by atoms with Gasteiger partial charge in [0.05, 0.1) is 32.5 Å². The zero-order chi connectivity index (χ0) is 97.6. The molecule has 0 bridgehead atoms. The summed E-state index contributed by atoms with van der Waals surface area (Å²) in [6.45, 7) is 7.16. The smallest absolute Gasteiger partial charge is 0.326 e. The van der Waals surface area contributed by atoms with Gasteiger partial charge in [0, 0.05) is 40.5 Å². The maximum absolute atomic E-state index is 14.0. The number of primary amides is 3. The van der Waals surface area contributed by atoms with Crippen molar-refractivity contribution in [2.45, 2.75) is 329 Å². The normalized spacial score (nSPS) is 28.3. The van der Waals surface area contributed by atoms with Crippen LogP contribution < -0.4 is 92.1 Å². The minimum Gasteiger partial charge on any atom is -0.480 e. The predicted molar refractivity (Wildman–Crippen MR) is 427 cm³/mol. The third-order valence-corrected chi connectivity index (χ3v) is 20.9. The number of ether oxygens (including phenoxy) is 8. The lowest BCUT2D eigenvalue weighted by Gasteiger charge is -2.48. The first kappa shape index (κ1) is 111. The van der Waals surface area contributed by atoms with E-state index in [0.29, 0.717) is 0 Å². The Labute approximate surface area is 736 Å². The first-order valence-electron chi connectivity index (χ1n) is 41.0. The zero-order valence-corrected chi connectivity index (χ0v) is 72.2. The fraction of sp³-hybridized carbons (Fsp3) is 0.757. The summed E-state index contributed by atoms with van der Waals surface area (Å²) in [5.74, 6) is -19.5. The summed E-state index contributed by atoms with van der Waals surface area (Å²) in [7, 11) is 0. The van der Waals surface area contributed by atoms with Crippen LogP contribution in [0.4, 0.5) is 0 Å². The van der Waals surface area contributed by atoms with Gasteiger partial charge in [0.25, 0.3) is 0 Å². The molecule has 4 saturated heterocycles. The third-order valence-electron chi connectivity index (χ3n) is 20.9. The van der Waals surface area contributed by atoms with Crippen molar-refractivity contribution < 1.29 is 185 Å². The van der Waals surface area contributed by atoms with E-state index in [-0.39, 0.29) is 25.7 Å². The molecule has 0 saturated carbocycles. The van der Waals surface area contributed by atoms with Crippen LogP contribution in [0.5, 0.6) is 0 Å². The van der Waals surface area contributed by atoms with Crippen molar-refractivity contribution in [3.8, 4) is 0 Å². The van der Waals surface area contributed by atoms with Crippen molar-refractivity contribution >= 4 is 106 Å². The number of aliphatic hydroxyl groups excluding tert-OH is 10. The number of nitrogens with two attached hydrogens (primary N) is 4. The highest BCUT2D eigenvalue weighted by molar-refractivity contribution is 5.96. The molecule has 0 spiro atoms. The molecule has 0 radical (unpaired) electrons. The van der Waals surface area contributed by atoms with Gasteiger partial charge in [-0.1, -0.05) is 0 Å². The molecule has 32 atom stereocenters. The highest BCUT2D eigenvalue weighted by Gasteiger charge is 2.56. The topological polar surface area (TPSA) is 884 Å². The average Bonchev–Trinajstić information content (AvgIpc) is 0.775. The van der Waals surface area contributed by atoms with Gasteiger partial charge in [0.15, 0.2) is 25.2 Å². The van der Waals surface area contributed by atoms with Crippen LogP contribution in [0.3, 0.4) is 0 Å². The van der Waals surface area contributed by atoms with Gasteiger partial charge in [-0.2, -0.15) is 0 Å². The summed E-state index contributed by atoms with van der Waals surface area (Å²) < 4.78 is 46.5. The van der Waals surface area contributed by atoms with Crippen LogP contribution in [0.1, 0.15) is 133 Å². The number of carbonyl (C=O) groups is 18. The van der Waals surface area contributed by atoms with Crippen molar-refractivity contribution in [2.24, 2.45) is 22.9 Å². The molecule has 129 heavy (non-hydrogen) atoms. The number of carboxylic acids is 2. The van der Waals surface area contributed by atoms with E-state index in [1.165, 1.54) is 0 Å². The second-order valence-electron chi connectivity index (χ2n) is 31.3. The van der Waals surface area contributed by atoms with E-state index < -0.39 is 367 Å². The molecule has 16 amide bonds. The Balaban J connectivity index is 1.41. The molecular weight excluding hydrogens is 1730 g/mol. The molecular formula is C74H123N17O38. The fourth-order valence-corrected chi connectivity index (χ4v) is 13.7. The number of aliphatic carboxylic acids is 2. The Bertz CT molecular complexity index is 3880. The Morgan fingerprint density at radius 2 is 0.643 bits per heavy atom. The van der Waals surface area contributed by atoms with Gasteiger partial charge in [-0.05, 0) is 92.9 Å². The first-order valence-corrected chi connectivity index (χ1v) is 41.0. The molecule has 55 heteroatoms. The zero-order valence-electron chi connectivity index (χ0n) is 72.2. The van der Waals surface area contributed by atoms with Crippen molar-refractivity contribution in [3.63, 3.8) is 0 Å². The first-order chi connectivity index (χ1) is 60.3. The van der Waals surface area contributed by atoms with E-state index in [1.54, 1.807) is 0 Å². The van der Waals surface area contributed by atoms with Crippen molar-refractivity contribution in [2.75, 3.05) is 26.4 Å². The number of carboxylic acid groups (broad SMARTS) is 2. The Kier molecular flexibility index (Phi) is 45.2. The van der Waals surface area contributed by atoms with Crippen molar-refractivity contribution in [1.29, 1.82) is 0 Å². The van der Waals surface area contributed by atoms with Gasteiger partial charge < -0.3 is 191 Å². The average molecular weight is 1860 g/mol. The van der Waals surface area contributed by atoms with E-state index in [0.717, 1.165) is 69.2 Å². The maximum Gasteiger partial charge on any atom is 0.326 e. The molecule has 0 aromatic rings. The van der Waals surface area contributed by atoms with Gasteiger partial charge >= 0.3 is 11.9 Å². The van der Waals surface area contributed by atoms with Crippen LogP contribution in [-0.4, -0.2) is 389 Å². The van der Waals surface area contributed by atoms with E-state index >= 15 is 0 Å². The number of amides is 16.